The van der Waals surface area contributed by atoms with E-state index in [-0.39, 0.29) is 11.7 Å². The number of ether oxygens (including phenoxy) is 1. The minimum Gasteiger partial charge on any atom is -0.383 e. The van der Waals surface area contributed by atoms with E-state index in [0.29, 0.717) is 25.2 Å². The van der Waals surface area contributed by atoms with Crippen molar-refractivity contribution in [1.82, 2.24) is 0 Å². The number of hydrogen-bond donors (Lipinski definition) is 1. The standard InChI is InChI=1S/C11H14F3NO/c1-3-8(6-16-2)15-11-9(13)4-7(12)5-10(11)14/h4-5,8,15H,3,6H2,1-2H3. The lowest BCUT2D eigenvalue weighted by Crippen LogP contribution is -2.25. The summed E-state index contributed by atoms with van der Waals surface area (Å²) in [4.78, 5) is 0. The maximum atomic E-state index is 13.3. The largest absolute Gasteiger partial charge is 0.383 e. The number of rotatable bonds is 5. The molecule has 0 fully saturated rings. The monoisotopic (exact) mass is 233 g/mol. The molecule has 1 atom stereocenters. The van der Waals surface area contributed by atoms with Crippen LogP contribution in [0.25, 0.3) is 0 Å². The van der Waals surface area contributed by atoms with Gasteiger partial charge < -0.3 is 10.1 Å². The van der Waals surface area contributed by atoms with Crippen LogP contribution in [-0.2, 0) is 4.74 Å². The van der Waals surface area contributed by atoms with Crippen molar-refractivity contribution in [2.75, 3.05) is 19.0 Å². The number of methoxy groups -OCH3 is 1. The van der Waals surface area contributed by atoms with E-state index in [2.05, 4.69) is 5.32 Å². The smallest absolute Gasteiger partial charge is 0.152 e. The summed E-state index contributed by atoms with van der Waals surface area (Å²) in [6.45, 7) is 2.18. The fourth-order valence-electron chi connectivity index (χ4n) is 1.35. The molecule has 0 amide bonds. The number of anilines is 1. The van der Waals surface area contributed by atoms with Crippen LogP contribution < -0.4 is 5.32 Å². The first kappa shape index (κ1) is 12.8. The molecule has 0 saturated heterocycles. The second-order valence-electron chi connectivity index (χ2n) is 3.45. The predicted molar refractivity (Wildman–Crippen MR) is 55.9 cm³/mol. The fourth-order valence-corrected chi connectivity index (χ4v) is 1.35. The molecule has 0 radical (unpaired) electrons. The van der Waals surface area contributed by atoms with Crippen LogP contribution in [0.3, 0.4) is 0 Å². The van der Waals surface area contributed by atoms with Gasteiger partial charge in [-0.2, -0.15) is 0 Å². The lowest BCUT2D eigenvalue weighted by atomic mass is 10.2. The summed E-state index contributed by atoms with van der Waals surface area (Å²) in [5, 5.41) is 2.65. The molecule has 90 valence electrons. The third-order valence-electron chi connectivity index (χ3n) is 2.22. The van der Waals surface area contributed by atoms with Crippen molar-refractivity contribution >= 4 is 5.69 Å². The molecule has 16 heavy (non-hydrogen) atoms. The first-order valence-electron chi connectivity index (χ1n) is 4.98. The third-order valence-corrected chi connectivity index (χ3v) is 2.22. The van der Waals surface area contributed by atoms with Gasteiger partial charge in [0.05, 0.1) is 6.61 Å². The van der Waals surface area contributed by atoms with Gasteiger partial charge in [0, 0.05) is 25.3 Å². The molecule has 0 spiro atoms. The van der Waals surface area contributed by atoms with Gasteiger partial charge >= 0.3 is 0 Å². The number of nitrogens with one attached hydrogen (secondary N) is 1. The normalized spacial score (nSPS) is 12.6. The van der Waals surface area contributed by atoms with E-state index in [0.717, 1.165) is 0 Å². The van der Waals surface area contributed by atoms with Crippen molar-refractivity contribution < 1.29 is 17.9 Å². The van der Waals surface area contributed by atoms with E-state index in [1.165, 1.54) is 7.11 Å². The second-order valence-corrected chi connectivity index (χ2v) is 3.45. The molecular weight excluding hydrogens is 219 g/mol. The number of hydrogen-bond acceptors (Lipinski definition) is 2. The maximum Gasteiger partial charge on any atom is 0.152 e. The minimum absolute atomic E-state index is 0.209. The fraction of sp³-hybridized carbons (Fsp3) is 0.455. The Labute approximate surface area is 92.4 Å². The Hall–Kier alpha value is -1.23. The van der Waals surface area contributed by atoms with E-state index < -0.39 is 17.5 Å². The highest BCUT2D eigenvalue weighted by Crippen LogP contribution is 2.21. The Kier molecular flexibility index (Phi) is 4.61. The SMILES string of the molecule is CCC(COC)Nc1c(F)cc(F)cc1F. The summed E-state index contributed by atoms with van der Waals surface area (Å²) in [6, 6.07) is 1.08. The lowest BCUT2D eigenvalue weighted by Gasteiger charge is -2.18. The van der Waals surface area contributed by atoms with Crippen molar-refractivity contribution in [3.8, 4) is 0 Å². The molecule has 1 aromatic rings. The Morgan fingerprint density at radius 3 is 2.25 bits per heavy atom. The molecular formula is C11H14F3NO. The van der Waals surface area contributed by atoms with Gasteiger partial charge in [-0.3, -0.25) is 0 Å². The summed E-state index contributed by atoms with van der Waals surface area (Å²) < 4.78 is 44.1. The van der Waals surface area contributed by atoms with E-state index >= 15 is 0 Å². The molecule has 0 aliphatic heterocycles. The first-order chi connectivity index (χ1) is 7.58. The van der Waals surface area contributed by atoms with Crippen LogP contribution in [0, 0.1) is 17.5 Å². The van der Waals surface area contributed by atoms with E-state index in [1.807, 2.05) is 6.92 Å². The Morgan fingerprint density at radius 2 is 1.81 bits per heavy atom. The summed E-state index contributed by atoms with van der Waals surface area (Å²) in [7, 11) is 1.50. The number of benzene rings is 1. The minimum atomic E-state index is -0.938. The van der Waals surface area contributed by atoms with Crippen LogP contribution in [-0.4, -0.2) is 19.8 Å². The highest BCUT2D eigenvalue weighted by Gasteiger charge is 2.14. The average Bonchev–Trinajstić information content (AvgIpc) is 2.21. The average molecular weight is 233 g/mol. The highest BCUT2D eigenvalue weighted by atomic mass is 19.1. The van der Waals surface area contributed by atoms with Gasteiger partial charge in [-0.15, -0.1) is 0 Å². The Balaban J connectivity index is 2.87. The quantitative estimate of drug-likeness (QED) is 0.844. The zero-order valence-corrected chi connectivity index (χ0v) is 9.19. The van der Waals surface area contributed by atoms with Gasteiger partial charge in [-0.25, -0.2) is 13.2 Å². The molecule has 1 aromatic carbocycles. The molecule has 2 nitrogen and oxygen atoms in total. The zero-order chi connectivity index (χ0) is 12.1. The van der Waals surface area contributed by atoms with E-state index in [1.54, 1.807) is 0 Å². The Morgan fingerprint density at radius 1 is 1.25 bits per heavy atom. The summed E-state index contributed by atoms with van der Waals surface area (Å²) in [5.74, 6) is -2.81. The molecule has 0 heterocycles. The maximum absolute atomic E-state index is 13.3. The molecule has 5 heteroatoms. The molecule has 0 saturated carbocycles. The van der Waals surface area contributed by atoms with E-state index in [9.17, 15) is 13.2 Å². The molecule has 0 aromatic heterocycles. The number of halogens is 3. The predicted octanol–water partition coefficient (Wildman–Crippen LogP) is 2.94. The van der Waals surface area contributed by atoms with Gasteiger partial charge in [0.1, 0.15) is 11.5 Å². The van der Waals surface area contributed by atoms with Crippen molar-refractivity contribution in [2.24, 2.45) is 0 Å². The zero-order valence-electron chi connectivity index (χ0n) is 9.19. The van der Waals surface area contributed by atoms with Gasteiger partial charge in [0.2, 0.25) is 0 Å². The van der Waals surface area contributed by atoms with Crippen molar-refractivity contribution in [1.29, 1.82) is 0 Å². The molecule has 1 rings (SSSR count). The van der Waals surface area contributed by atoms with Crippen LogP contribution in [0.4, 0.5) is 18.9 Å². The molecule has 0 aliphatic carbocycles. The van der Waals surface area contributed by atoms with Crippen molar-refractivity contribution in [2.45, 2.75) is 19.4 Å². The topological polar surface area (TPSA) is 21.3 Å². The van der Waals surface area contributed by atoms with Crippen LogP contribution in [0.15, 0.2) is 12.1 Å². The van der Waals surface area contributed by atoms with Gasteiger partial charge in [0.25, 0.3) is 0 Å². The third kappa shape index (κ3) is 3.13. The van der Waals surface area contributed by atoms with Crippen molar-refractivity contribution in [3.05, 3.63) is 29.6 Å². The first-order valence-corrected chi connectivity index (χ1v) is 4.98. The van der Waals surface area contributed by atoms with Crippen LogP contribution in [0.5, 0.6) is 0 Å². The molecule has 1 N–H and O–H groups in total. The molecule has 0 aliphatic rings. The summed E-state index contributed by atoms with van der Waals surface area (Å²) in [5.41, 5.74) is -0.315. The van der Waals surface area contributed by atoms with Crippen LogP contribution in [0.2, 0.25) is 0 Å². The second kappa shape index (κ2) is 5.75. The summed E-state index contributed by atoms with van der Waals surface area (Å²) in [6.07, 6.45) is 0.643. The molecule has 0 bridgehead atoms. The van der Waals surface area contributed by atoms with Gasteiger partial charge in [0.15, 0.2) is 11.6 Å². The van der Waals surface area contributed by atoms with Crippen LogP contribution >= 0.6 is 0 Å². The van der Waals surface area contributed by atoms with Gasteiger partial charge in [-0.05, 0) is 6.42 Å². The lowest BCUT2D eigenvalue weighted by molar-refractivity contribution is 0.184. The Bertz CT molecular complexity index is 334. The van der Waals surface area contributed by atoms with E-state index in [4.69, 9.17) is 4.74 Å². The summed E-state index contributed by atoms with van der Waals surface area (Å²) >= 11 is 0. The highest BCUT2D eigenvalue weighted by molar-refractivity contribution is 5.47. The van der Waals surface area contributed by atoms with Crippen molar-refractivity contribution in [3.63, 3.8) is 0 Å². The van der Waals surface area contributed by atoms with Gasteiger partial charge in [-0.1, -0.05) is 6.92 Å². The van der Waals surface area contributed by atoms with Crippen LogP contribution in [0.1, 0.15) is 13.3 Å². The molecule has 1 unspecified atom stereocenters.